The molecular weight excluding hydrogens is 260 g/mol. The quantitative estimate of drug-likeness (QED) is 0.451. The van der Waals surface area contributed by atoms with E-state index in [9.17, 15) is 4.79 Å². The molecule has 96 valence electrons. The normalized spacial score (nSPS) is 24.6. The Morgan fingerprint density at radius 2 is 1.88 bits per heavy atom. The van der Waals surface area contributed by atoms with E-state index in [1.54, 1.807) is 6.34 Å². The Kier molecular flexibility index (Phi) is 5.85. The second-order valence-corrected chi connectivity index (χ2v) is 5.06. The van der Waals surface area contributed by atoms with Gasteiger partial charge in [-0.3, -0.25) is 4.79 Å². The van der Waals surface area contributed by atoms with Gasteiger partial charge in [-0.2, -0.15) is 0 Å². The molecule has 0 amide bonds. The van der Waals surface area contributed by atoms with E-state index >= 15 is 0 Å². The summed E-state index contributed by atoms with van der Waals surface area (Å²) in [5.41, 5.74) is 0. The number of aliphatic imine (C=N–C) groups is 1. The highest BCUT2D eigenvalue weighted by Crippen LogP contribution is 2.31. The predicted octanol–water partition coefficient (Wildman–Crippen LogP) is 2.41. The Morgan fingerprint density at radius 3 is 2.35 bits per heavy atom. The molecule has 0 aliphatic heterocycles. The van der Waals surface area contributed by atoms with Crippen molar-refractivity contribution < 1.29 is 9.08 Å². The van der Waals surface area contributed by atoms with Crippen LogP contribution in [-0.4, -0.2) is 36.3 Å². The minimum absolute atomic E-state index is 0.0793. The topological polar surface area (TPSA) is 41.9 Å². The van der Waals surface area contributed by atoms with Crippen LogP contribution in [0.25, 0.3) is 0 Å². The summed E-state index contributed by atoms with van der Waals surface area (Å²) in [4.78, 5) is 18.0. The summed E-state index contributed by atoms with van der Waals surface area (Å²) in [6, 6.07) is 0. The molecule has 1 fully saturated rings. The van der Waals surface area contributed by atoms with Crippen molar-refractivity contribution in [2.24, 2.45) is 16.8 Å². The van der Waals surface area contributed by atoms with Crippen LogP contribution in [0.4, 0.5) is 0 Å². The molecule has 0 heterocycles. The van der Waals surface area contributed by atoms with Gasteiger partial charge >= 0.3 is 5.97 Å². The van der Waals surface area contributed by atoms with Crippen LogP contribution in [0.3, 0.4) is 0 Å². The highest BCUT2D eigenvalue weighted by molar-refractivity contribution is 7.80. The van der Waals surface area contributed by atoms with Crippen molar-refractivity contribution in [3.63, 3.8) is 0 Å². The van der Waals surface area contributed by atoms with Crippen LogP contribution in [0.1, 0.15) is 25.7 Å². The van der Waals surface area contributed by atoms with Crippen LogP contribution in [-0.2, 0) is 9.08 Å². The van der Waals surface area contributed by atoms with Gasteiger partial charge in [0.25, 0.3) is 0 Å². The van der Waals surface area contributed by atoms with Crippen molar-refractivity contribution in [1.29, 1.82) is 0 Å². The van der Waals surface area contributed by atoms with E-state index in [0.717, 1.165) is 30.7 Å². The maximum atomic E-state index is 11.2. The van der Waals surface area contributed by atoms with Crippen molar-refractivity contribution in [3.8, 4) is 0 Å². The highest BCUT2D eigenvalue weighted by atomic mass is 35.5. The minimum atomic E-state index is -0.326. The van der Waals surface area contributed by atoms with Crippen molar-refractivity contribution >= 4 is 41.4 Å². The lowest BCUT2D eigenvalue weighted by Gasteiger charge is -2.25. The summed E-state index contributed by atoms with van der Waals surface area (Å²) in [6.45, 7) is 0. The molecule has 0 bridgehead atoms. The summed E-state index contributed by atoms with van der Waals surface area (Å²) in [6.07, 6.45) is 5.00. The van der Waals surface area contributed by atoms with Gasteiger partial charge in [0.1, 0.15) is 16.9 Å². The summed E-state index contributed by atoms with van der Waals surface area (Å²) in [5.74, 6) is -0.113. The maximum absolute atomic E-state index is 11.2. The number of rotatable bonds is 3. The van der Waals surface area contributed by atoms with Gasteiger partial charge in [-0.15, -0.1) is 0 Å². The molecule has 4 nitrogen and oxygen atoms in total. The summed E-state index contributed by atoms with van der Waals surface area (Å²) in [7, 11) is 3.80. The minimum Gasteiger partial charge on any atom is -0.369 e. The second kappa shape index (κ2) is 6.91. The first kappa shape index (κ1) is 14.4. The molecule has 0 aromatic heterocycles. The number of thiocarbonyl (C=S) groups is 1. The molecule has 0 spiro atoms. The molecule has 0 saturated heterocycles. The standard InChI is InChI=1S/C11H17ClN2O2S/c1-14(2)7-13-10(17)8-3-5-9(6-4-8)11(15)16-12/h7-9H,3-6H2,1-2H3/b13-7+. The van der Waals surface area contributed by atoms with Gasteiger partial charge in [-0.05, 0) is 25.7 Å². The summed E-state index contributed by atoms with van der Waals surface area (Å²) in [5, 5.41) is 0. The number of hydrogen-bond donors (Lipinski definition) is 0. The van der Waals surface area contributed by atoms with Gasteiger partial charge in [0.2, 0.25) is 0 Å². The van der Waals surface area contributed by atoms with E-state index in [1.807, 2.05) is 19.0 Å². The molecule has 6 heteroatoms. The average molecular weight is 277 g/mol. The first-order valence-corrected chi connectivity index (χ1v) is 6.33. The van der Waals surface area contributed by atoms with Crippen LogP contribution >= 0.6 is 24.1 Å². The van der Waals surface area contributed by atoms with E-state index in [0.29, 0.717) is 5.92 Å². The highest BCUT2D eigenvalue weighted by Gasteiger charge is 2.29. The van der Waals surface area contributed by atoms with Gasteiger partial charge in [0.15, 0.2) is 0 Å². The van der Waals surface area contributed by atoms with E-state index in [1.165, 1.54) is 0 Å². The molecule has 1 aliphatic rings. The van der Waals surface area contributed by atoms with Crippen LogP contribution in [0.15, 0.2) is 4.99 Å². The number of hydrogen-bond acceptors (Lipinski definition) is 3. The van der Waals surface area contributed by atoms with Gasteiger partial charge < -0.3 is 9.19 Å². The SMILES string of the molecule is CN(C)/C=N/C(=S)C1CCC(C(=O)OCl)CC1. The molecule has 1 rings (SSSR count). The lowest BCUT2D eigenvalue weighted by Crippen LogP contribution is -2.25. The van der Waals surface area contributed by atoms with E-state index in [-0.39, 0.29) is 11.9 Å². The maximum Gasteiger partial charge on any atom is 0.327 e. The third-order valence-electron chi connectivity index (χ3n) is 2.90. The Balaban J connectivity index is 2.41. The van der Waals surface area contributed by atoms with Crippen molar-refractivity contribution in [2.75, 3.05) is 14.1 Å². The monoisotopic (exact) mass is 276 g/mol. The van der Waals surface area contributed by atoms with Crippen molar-refractivity contribution in [1.82, 2.24) is 4.90 Å². The second-order valence-electron chi connectivity index (χ2n) is 4.49. The smallest absolute Gasteiger partial charge is 0.327 e. The van der Waals surface area contributed by atoms with Gasteiger partial charge in [0, 0.05) is 20.0 Å². The van der Waals surface area contributed by atoms with Gasteiger partial charge in [-0.25, -0.2) is 4.99 Å². The number of carbonyl (C=O) groups excluding carboxylic acids is 1. The van der Waals surface area contributed by atoms with E-state index in [2.05, 4.69) is 9.28 Å². The molecular formula is C11H17ClN2O2S. The third-order valence-corrected chi connectivity index (χ3v) is 3.49. The molecule has 0 atom stereocenters. The fraction of sp³-hybridized carbons (Fsp3) is 0.727. The fourth-order valence-electron chi connectivity index (χ4n) is 1.92. The number of nitrogens with zero attached hydrogens (tertiary/aromatic N) is 2. The largest absolute Gasteiger partial charge is 0.369 e. The van der Waals surface area contributed by atoms with E-state index < -0.39 is 0 Å². The lowest BCUT2D eigenvalue weighted by molar-refractivity contribution is -0.139. The van der Waals surface area contributed by atoms with Crippen LogP contribution < -0.4 is 0 Å². The van der Waals surface area contributed by atoms with Crippen LogP contribution in [0.5, 0.6) is 0 Å². The van der Waals surface area contributed by atoms with Crippen molar-refractivity contribution in [3.05, 3.63) is 0 Å². The molecule has 17 heavy (non-hydrogen) atoms. The zero-order valence-electron chi connectivity index (χ0n) is 10.1. The Hall–Kier alpha value is -0.680. The Bertz CT molecular complexity index is 313. The van der Waals surface area contributed by atoms with E-state index in [4.69, 9.17) is 24.1 Å². The first-order chi connectivity index (χ1) is 8.04. The zero-order chi connectivity index (χ0) is 12.8. The zero-order valence-corrected chi connectivity index (χ0v) is 11.6. The third kappa shape index (κ3) is 4.60. The summed E-state index contributed by atoms with van der Waals surface area (Å²) >= 11 is 10.3. The lowest BCUT2D eigenvalue weighted by atomic mass is 9.82. The van der Waals surface area contributed by atoms with Crippen LogP contribution in [0, 0.1) is 11.8 Å². The Morgan fingerprint density at radius 1 is 1.35 bits per heavy atom. The number of halogens is 1. The van der Waals surface area contributed by atoms with Gasteiger partial charge in [0.05, 0.1) is 12.3 Å². The first-order valence-electron chi connectivity index (χ1n) is 5.61. The Labute approximate surface area is 112 Å². The molecule has 0 aromatic rings. The molecule has 1 aliphatic carbocycles. The molecule has 0 aromatic carbocycles. The molecule has 1 saturated carbocycles. The summed E-state index contributed by atoms with van der Waals surface area (Å²) < 4.78 is 4.23. The predicted molar refractivity (Wildman–Crippen MR) is 72.2 cm³/mol. The molecule has 0 radical (unpaired) electrons. The van der Waals surface area contributed by atoms with Crippen molar-refractivity contribution in [2.45, 2.75) is 25.7 Å². The molecule has 0 N–H and O–H groups in total. The van der Waals surface area contributed by atoms with Gasteiger partial charge in [-0.1, -0.05) is 12.2 Å². The fourth-order valence-corrected chi connectivity index (χ4v) is 2.33. The number of carbonyl (C=O) groups is 1. The van der Waals surface area contributed by atoms with Crippen LogP contribution in [0.2, 0.25) is 0 Å². The molecule has 0 unspecified atom stereocenters. The average Bonchev–Trinajstić information content (AvgIpc) is 2.35.